The number of H-pyrrole nitrogens is 2. The highest BCUT2D eigenvalue weighted by Gasteiger charge is 2.21. The zero-order valence-corrected chi connectivity index (χ0v) is 8.38. The van der Waals surface area contributed by atoms with Crippen molar-refractivity contribution in [1.29, 1.82) is 0 Å². The summed E-state index contributed by atoms with van der Waals surface area (Å²) < 4.78 is 0. The Kier molecular flexibility index (Phi) is 1.70. The molecular formula is C9H12N4O. The fourth-order valence-corrected chi connectivity index (χ4v) is 1.37. The molecule has 0 aliphatic heterocycles. The van der Waals surface area contributed by atoms with E-state index in [9.17, 15) is 4.79 Å². The van der Waals surface area contributed by atoms with E-state index in [1.165, 1.54) is 6.33 Å². The number of aromatic nitrogens is 4. The van der Waals surface area contributed by atoms with Crippen LogP contribution in [0.4, 0.5) is 0 Å². The average Bonchev–Trinajstić information content (AvgIpc) is 2.47. The summed E-state index contributed by atoms with van der Waals surface area (Å²) in [6.07, 6.45) is 1.40. The predicted octanol–water partition coefficient (Wildman–Crippen LogP) is 0.944. The molecule has 2 rings (SSSR count). The predicted molar refractivity (Wildman–Crippen MR) is 53.2 cm³/mol. The van der Waals surface area contributed by atoms with Crippen molar-refractivity contribution >= 4 is 11.0 Å². The van der Waals surface area contributed by atoms with Crippen LogP contribution in [0.15, 0.2) is 11.1 Å². The number of nitrogens with one attached hydrogen (secondary N) is 2. The molecule has 2 heterocycles. The lowest BCUT2D eigenvalue weighted by Crippen LogP contribution is -2.13. The van der Waals surface area contributed by atoms with Crippen molar-refractivity contribution in [2.45, 2.75) is 26.2 Å². The van der Waals surface area contributed by atoms with Gasteiger partial charge in [0.1, 0.15) is 11.0 Å². The molecule has 0 aromatic carbocycles. The van der Waals surface area contributed by atoms with Gasteiger partial charge in [0.2, 0.25) is 0 Å². The first-order chi connectivity index (χ1) is 6.50. The Morgan fingerprint density at radius 1 is 1.36 bits per heavy atom. The molecule has 0 bridgehead atoms. The van der Waals surface area contributed by atoms with Crippen molar-refractivity contribution < 1.29 is 0 Å². The van der Waals surface area contributed by atoms with Crippen LogP contribution in [0.5, 0.6) is 0 Å². The second-order valence-electron chi connectivity index (χ2n) is 4.28. The largest absolute Gasteiger partial charge is 0.311 e. The van der Waals surface area contributed by atoms with E-state index in [1.54, 1.807) is 0 Å². The summed E-state index contributed by atoms with van der Waals surface area (Å²) in [7, 11) is 0. The van der Waals surface area contributed by atoms with E-state index >= 15 is 0 Å². The molecule has 0 aliphatic rings. The summed E-state index contributed by atoms with van der Waals surface area (Å²) in [6.45, 7) is 6.10. The van der Waals surface area contributed by atoms with Crippen LogP contribution in [-0.2, 0) is 5.41 Å². The molecule has 0 saturated carbocycles. The highest BCUT2D eigenvalue weighted by atomic mass is 16.1. The monoisotopic (exact) mass is 192 g/mol. The molecule has 0 radical (unpaired) electrons. The van der Waals surface area contributed by atoms with Gasteiger partial charge in [-0.2, -0.15) is 5.10 Å². The van der Waals surface area contributed by atoms with Crippen LogP contribution in [-0.4, -0.2) is 20.2 Å². The van der Waals surface area contributed by atoms with Gasteiger partial charge < -0.3 is 4.98 Å². The van der Waals surface area contributed by atoms with Crippen molar-refractivity contribution in [3.63, 3.8) is 0 Å². The maximum absolute atomic E-state index is 11.4. The third-order valence-electron chi connectivity index (χ3n) is 2.07. The summed E-state index contributed by atoms with van der Waals surface area (Å²) in [5.74, 6) is 0. The standard InChI is InChI=1S/C9H12N4O/c1-9(2,3)7-5-6(12-13-7)8(14)11-4-10-5/h4H,1-3H3,(H,12,13)(H,10,11,14). The molecule has 5 nitrogen and oxygen atoms in total. The average molecular weight is 192 g/mol. The summed E-state index contributed by atoms with van der Waals surface area (Å²) in [5.41, 5.74) is 1.62. The zero-order valence-electron chi connectivity index (χ0n) is 8.38. The molecule has 0 amide bonds. The summed E-state index contributed by atoms with van der Waals surface area (Å²) >= 11 is 0. The quantitative estimate of drug-likeness (QED) is 0.652. The lowest BCUT2D eigenvalue weighted by Gasteiger charge is -2.14. The van der Waals surface area contributed by atoms with Gasteiger partial charge in [0.15, 0.2) is 0 Å². The van der Waals surface area contributed by atoms with Crippen LogP contribution in [0.3, 0.4) is 0 Å². The Bertz CT molecular complexity index is 517. The fraction of sp³-hybridized carbons (Fsp3) is 0.444. The highest BCUT2D eigenvalue weighted by molar-refractivity contribution is 5.76. The third-order valence-corrected chi connectivity index (χ3v) is 2.07. The van der Waals surface area contributed by atoms with E-state index in [1.807, 2.05) is 20.8 Å². The maximum atomic E-state index is 11.4. The zero-order chi connectivity index (χ0) is 10.3. The van der Waals surface area contributed by atoms with Gasteiger partial charge >= 0.3 is 0 Å². The topological polar surface area (TPSA) is 74.4 Å². The molecule has 2 aromatic heterocycles. The number of nitrogens with zero attached hydrogens (tertiary/aromatic N) is 2. The Labute approximate surface area is 80.6 Å². The van der Waals surface area contributed by atoms with Gasteiger partial charge in [-0.3, -0.25) is 9.89 Å². The normalized spacial score (nSPS) is 12.2. The summed E-state index contributed by atoms with van der Waals surface area (Å²) in [4.78, 5) is 18.0. The summed E-state index contributed by atoms with van der Waals surface area (Å²) in [5, 5.41) is 6.83. The molecule has 0 fully saturated rings. The van der Waals surface area contributed by atoms with E-state index in [0.717, 1.165) is 5.69 Å². The molecule has 14 heavy (non-hydrogen) atoms. The second-order valence-corrected chi connectivity index (χ2v) is 4.28. The van der Waals surface area contributed by atoms with Gasteiger partial charge in [0, 0.05) is 5.41 Å². The Morgan fingerprint density at radius 3 is 2.71 bits per heavy atom. The molecule has 0 aliphatic carbocycles. The van der Waals surface area contributed by atoms with Crippen LogP contribution < -0.4 is 5.56 Å². The third kappa shape index (κ3) is 1.21. The molecule has 0 spiro atoms. The highest BCUT2D eigenvalue weighted by Crippen LogP contribution is 2.24. The fourth-order valence-electron chi connectivity index (χ4n) is 1.37. The maximum Gasteiger partial charge on any atom is 0.276 e. The Morgan fingerprint density at radius 2 is 2.07 bits per heavy atom. The molecule has 0 saturated heterocycles. The van der Waals surface area contributed by atoms with Gasteiger partial charge in [-0.15, -0.1) is 0 Å². The smallest absolute Gasteiger partial charge is 0.276 e. The van der Waals surface area contributed by atoms with Crippen LogP contribution in [0, 0.1) is 0 Å². The minimum absolute atomic E-state index is 0.112. The Hall–Kier alpha value is -1.65. The van der Waals surface area contributed by atoms with Crippen LogP contribution in [0.1, 0.15) is 26.5 Å². The van der Waals surface area contributed by atoms with Gasteiger partial charge in [0.25, 0.3) is 5.56 Å². The molecule has 74 valence electrons. The molecule has 2 aromatic rings. The minimum Gasteiger partial charge on any atom is -0.311 e. The van der Waals surface area contributed by atoms with Crippen molar-refractivity contribution in [3.05, 3.63) is 22.4 Å². The molecule has 0 unspecified atom stereocenters. The Balaban J connectivity index is 2.83. The van der Waals surface area contributed by atoms with E-state index in [-0.39, 0.29) is 11.0 Å². The van der Waals surface area contributed by atoms with Crippen molar-refractivity contribution in [1.82, 2.24) is 20.2 Å². The lowest BCUT2D eigenvalue weighted by atomic mass is 9.91. The van der Waals surface area contributed by atoms with E-state index in [0.29, 0.717) is 11.0 Å². The van der Waals surface area contributed by atoms with Crippen LogP contribution in [0.25, 0.3) is 11.0 Å². The first-order valence-electron chi connectivity index (χ1n) is 4.42. The number of hydrogen-bond donors (Lipinski definition) is 2. The summed E-state index contributed by atoms with van der Waals surface area (Å²) in [6, 6.07) is 0. The number of rotatable bonds is 0. The SMILES string of the molecule is CC(C)(C)c1n[nH]c2c(=O)[nH]cnc12. The van der Waals surface area contributed by atoms with E-state index < -0.39 is 0 Å². The van der Waals surface area contributed by atoms with Gasteiger partial charge in [0.05, 0.1) is 12.0 Å². The van der Waals surface area contributed by atoms with E-state index in [2.05, 4.69) is 20.2 Å². The number of aromatic amines is 2. The lowest BCUT2D eigenvalue weighted by molar-refractivity contribution is 0.570. The first-order valence-corrected chi connectivity index (χ1v) is 4.42. The number of hydrogen-bond acceptors (Lipinski definition) is 3. The minimum atomic E-state index is -0.182. The van der Waals surface area contributed by atoms with Crippen molar-refractivity contribution in [2.24, 2.45) is 0 Å². The first kappa shape index (κ1) is 8.93. The van der Waals surface area contributed by atoms with Gasteiger partial charge in [-0.05, 0) is 0 Å². The molecular weight excluding hydrogens is 180 g/mol. The van der Waals surface area contributed by atoms with Gasteiger partial charge in [-0.1, -0.05) is 20.8 Å². The van der Waals surface area contributed by atoms with Gasteiger partial charge in [-0.25, -0.2) is 4.98 Å². The molecule has 0 atom stereocenters. The van der Waals surface area contributed by atoms with Crippen LogP contribution >= 0.6 is 0 Å². The second kappa shape index (κ2) is 2.67. The van der Waals surface area contributed by atoms with Crippen molar-refractivity contribution in [2.75, 3.05) is 0 Å². The van der Waals surface area contributed by atoms with Crippen molar-refractivity contribution in [3.8, 4) is 0 Å². The van der Waals surface area contributed by atoms with E-state index in [4.69, 9.17) is 0 Å². The molecule has 5 heteroatoms. The number of fused-ring (bicyclic) bond motifs is 1. The molecule has 2 N–H and O–H groups in total. The van der Waals surface area contributed by atoms with Crippen LogP contribution in [0.2, 0.25) is 0 Å².